The highest BCUT2D eigenvalue weighted by Crippen LogP contribution is 2.30. The fourth-order valence-corrected chi connectivity index (χ4v) is 9.64. The molecule has 0 spiro atoms. The van der Waals surface area contributed by atoms with Gasteiger partial charge in [0.25, 0.3) is 9.28 Å². The zero-order valence-corrected chi connectivity index (χ0v) is 18.4. The molecular formula is C21H43N3Si. The lowest BCUT2D eigenvalue weighted by Crippen LogP contribution is -2.66. The predicted molar refractivity (Wildman–Crippen MR) is 111 cm³/mol. The lowest BCUT2D eigenvalue weighted by atomic mass is 9.96. The molecule has 0 aromatic heterocycles. The van der Waals surface area contributed by atoms with Crippen molar-refractivity contribution in [2.24, 2.45) is 0 Å². The predicted octanol–water partition coefficient (Wildman–Crippen LogP) is 4.50. The number of hydrogen-bond acceptors (Lipinski definition) is 3. The van der Waals surface area contributed by atoms with Crippen molar-refractivity contribution in [1.82, 2.24) is 13.7 Å². The molecule has 0 aromatic carbocycles. The van der Waals surface area contributed by atoms with E-state index in [9.17, 15) is 0 Å². The Balaban J connectivity index is 1.73. The summed E-state index contributed by atoms with van der Waals surface area (Å²) in [6.45, 7) is 0. The Bertz CT molecular complexity index is 316. The van der Waals surface area contributed by atoms with Gasteiger partial charge in [-0.05, 0) is 59.7 Å². The molecule has 0 aromatic rings. The summed E-state index contributed by atoms with van der Waals surface area (Å²) in [6.07, 6.45) is 21.8. The van der Waals surface area contributed by atoms with Gasteiger partial charge < -0.3 is 13.7 Å². The summed E-state index contributed by atoms with van der Waals surface area (Å²) >= 11 is 0. The molecule has 146 valence electrons. The van der Waals surface area contributed by atoms with E-state index >= 15 is 0 Å². The second-order valence-electron chi connectivity index (χ2n) is 9.22. The van der Waals surface area contributed by atoms with Gasteiger partial charge in [0, 0.05) is 18.1 Å². The van der Waals surface area contributed by atoms with Crippen LogP contribution in [0.3, 0.4) is 0 Å². The Morgan fingerprint density at radius 2 is 0.680 bits per heavy atom. The molecule has 3 aliphatic rings. The fourth-order valence-electron chi connectivity index (χ4n) is 5.89. The van der Waals surface area contributed by atoms with Crippen LogP contribution >= 0.6 is 0 Å². The lowest BCUT2D eigenvalue weighted by molar-refractivity contribution is 0.174. The first kappa shape index (κ1) is 19.8. The Morgan fingerprint density at radius 3 is 0.920 bits per heavy atom. The Labute approximate surface area is 159 Å². The topological polar surface area (TPSA) is 9.72 Å². The normalized spacial score (nSPS) is 25.6. The van der Waals surface area contributed by atoms with Gasteiger partial charge in [0.15, 0.2) is 0 Å². The standard InChI is InChI=1S/C21H43N3Si/c1-22(19-13-7-4-8-14-19)25(23(2)20-15-9-5-10-16-20)24(3)21-17-11-6-12-18-21/h19-21,25H,4-18H2,1-3H3. The van der Waals surface area contributed by atoms with Gasteiger partial charge in [0.05, 0.1) is 0 Å². The van der Waals surface area contributed by atoms with Crippen molar-refractivity contribution in [3.05, 3.63) is 0 Å². The van der Waals surface area contributed by atoms with E-state index < -0.39 is 9.28 Å². The van der Waals surface area contributed by atoms with Gasteiger partial charge in [-0.3, -0.25) is 0 Å². The van der Waals surface area contributed by atoms with Crippen molar-refractivity contribution in [1.29, 1.82) is 0 Å². The summed E-state index contributed by atoms with van der Waals surface area (Å²) < 4.78 is 8.72. The van der Waals surface area contributed by atoms with Gasteiger partial charge in [-0.2, -0.15) is 0 Å². The van der Waals surface area contributed by atoms with E-state index in [-0.39, 0.29) is 0 Å². The molecule has 0 saturated heterocycles. The molecular weight excluding hydrogens is 322 g/mol. The van der Waals surface area contributed by atoms with Crippen LogP contribution in [0.1, 0.15) is 96.3 Å². The van der Waals surface area contributed by atoms with E-state index in [1.165, 1.54) is 96.3 Å². The van der Waals surface area contributed by atoms with Gasteiger partial charge in [0.1, 0.15) is 0 Å². The minimum absolute atomic E-state index is 0.850. The summed E-state index contributed by atoms with van der Waals surface area (Å²) in [4.78, 5) is 0. The average Bonchev–Trinajstić information content (AvgIpc) is 2.70. The van der Waals surface area contributed by atoms with Gasteiger partial charge in [-0.1, -0.05) is 57.8 Å². The van der Waals surface area contributed by atoms with Gasteiger partial charge in [0.2, 0.25) is 0 Å². The van der Waals surface area contributed by atoms with Crippen LogP contribution in [-0.4, -0.2) is 62.2 Å². The van der Waals surface area contributed by atoms with Crippen molar-refractivity contribution >= 4 is 9.28 Å². The van der Waals surface area contributed by atoms with Crippen LogP contribution in [0.4, 0.5) is 0 Å². The molecule has 0 bridgehead atoms. The molecule has 0 amide bonds. The summed E-state index contributed by atoms with van der Waals surface area (Å²) in [6, 6.07) is 2.55. The molecule has 4 heteroatoms. The molecule has 0 heterocycles. The second-order valence-corrected chi connectivity index (χ2v) is 12.4. The van der Waals surface area contributed by atoms with Crippen LogP contribution < -0.4 is 0 Å². The van der Waals surface area contributed by atoms with Crippen LogP contribution in [0.2, 0.25) is 0 Å². The maximum atomic E-state index is 2.91. The average molecular weight is 366 g/mol. The third kappa shape index (κ3) is 5.09. The van der Waals surface area contributed by atoms with Crippen LogP contribution in [-0.2, 0) is 0 Å². The largest absolute Gasteiger partial charge is 0.302 e. The minimum Gasteiger partial charge on any atom is -0.302 e. The molecule has 0 atom stereocenters. The zero-order chi connectivity index (χ0) is 17.6. The van der Waals surface area contributed by atoms with E-state index in [0.29, 0.717) is 0 Å². The van der Waals surface area contributed by atoms with Crippen molar-refractivity contribution < 1.29 is 0 Å². The smallest absolute Gasteiger partial charge is 0.272 e. The summed E-state index contributed by atoms with van der Waals surface area (Å²) in [5.74, 6) is 0. The molecule has 3 rings (SSSR count). The number of hydrogen-bond donors (Lipinski definition) is 0. The second kappa shape index (κ2) is 9.87. The highest BCUT2D eigenvalue weighted by molar-refractivity contribution is 6.49. The van der Waals surface area contributed by atoms with Crippen LogP contribution in [0.5, 0.6) is 0 Å². The van der Waals surface area contributed by atoms with E-state index in [0.717, 1.165) is 18.1 Å². The Kier molecular flexibility index (Phi) is 7.83. The minimum atomic E-state index is -1.24. The molecule has 0 radical (unpaired) electrons. The van der Waals surface area contributed by atoms with Gasteiger partial charge in [-0.15, -0.1) is 0 Å². The number of nitrogens with zero attached hydrogens (tertiary/aromatic N) is 3. The monoisotopic (exact) mass is 365 g/mol. The van der Waals surface area contributed by atoms with Crippen LogP contribution in [0, 0.1) is 0 Å². The first-order valence-electron chi connectivity index (χ1n) is 11.3. The molecule has 3 aliphatic carbocycles. The zero-order valence-electron chi connectivity index (χ0n) is 17.3. The van der Waals surface area contributed by atoms with Crippen LogP contribution in [0.15, 0.2) is 0 Å². The third-order valence-electron chi connectivity index (χ3n) is 7.54. The highest BCUT2D eigenvalue weighted by Gasteiger charge is 2.38. The summed E-state index contributed by atoms with van der Waals surface area (Å²) in [7, 11) is 6.24. The molecule has 25 heavy (non-hydrogen) atoms. The summed E-state index contributed by atoms with van der Waals surface area (Å²) in [5, 5.41) is 0. The van der Waals surface area contributed by atoms with E-state index in [1.54, 1.807) is 0 Å². The van der Waals surface area contributed by atoms with Crippen LogP contribution in [0.25, 0.3) is 0 Å². The summed E-state index contributed by atoms with van der Waals surface area (Å²) in [5.41, 5.74) is 0. The van der Waals surface area contributed by atoms with Crippen molar-refractivity contribution in [3.63, 3.8) is 0 Å². The first-order valence-corrected chi connectivity index (χ1v) is 12.9. The molecule has 0 unspecified atom stereocenters. The molecule has 0 aliphatic heterocycles. The fraction of sp³-hybridized carbons (Fsp3) is 1.00. The molecule has 3 saturated carbocycles. The maximum Gasteiger partial charge on any atom is 0.272 e. The van der Waals surface area contributed by atoms with Crippen molar-refractivity contribution in [2.75, 3.05) is 21.1 Å². The van der Waals surface area contributed by atoms with E-state index in [2.05, 4.69) is 34.8 Å². The lowest BCUT2D eigenvalue weighted by Gasteiger charge is -2.49. The Morgan fingerprint density at radius 1 is 0.440 bits per heavy atom. The molecule has 0 N–H and O–H groups in total. The first-order chi connectivity index (χ1) is 12.2. The van der Waals surface area contributed by atoms with Crippen molar-refractivity contribution in [3.8, 4) is 0 Å². The highest BCUT2D eigenvalue weighted by atomic mass is 28.3. The van der Waals surface area contributed by atoms with Gasteiger partial charge >= 0.3 is 0 Å². The molecule has 3 nitrogen and oxygen atoms in total. The van der Waals surface area contributed by atoms with Crippen molar-refractivity contribution in [2.45, 2.75) is 114 Å². The quantitative estimate of drug-likeness (QED) is 0.642. The third-order valence-corrected chi connectivity index (χ3v) is 11.0. The Hall–Kier alpha value is 0.0969. The molecule has 3 fully saturated rings. The SMILES string of the molecule is CN(C1CCCCC1)[SiH](N(C)C1CCCCC1)N(C)C1CCCCC1. The van der Waals surface area contributed by atoms with E-state index in [1.807, 2.05) is 0 Å². The maximum absolute atomic E-state index is 2.91. The number of rotatable bonds is 6. The van der Waals surface area contributed by atoms with E-state index in [4.69, 9.17) is 0 Å². The van der Waals surface area contributed by atoms with Gasteiger partial charge in [-0.25, -0.2) is 0 Å².